The van der Waals surface area contributed by atoms with Crippen molar-refractivity contribution in [1.29, 1.82) is 0 Å². The highest BCUT2D eigenvalue weighted by Crippen LogP contribution is 2.53. The van der Waals surface area contributed by atoms with Gasteiger partial charge in [-0.15, -0.1) is 34.0 Å². The summed E-state index contributed by atoms with van der Waals surface area (Å²) in [6.07, 6.45) is 0. The third-order valence-corrected chi connectivity index (χ3v) is 7.10. The molecule has 0 saturated carbocycles. The van der Waals surface area contributed by atoms with E-state index < -0.39 is 0 Å². The lowest BCUT2D eigenvalue weighted by Crippen LogP contribution is -2.14. The predicted molar refractivity (Wildman–Crippen MR) is 88.2 cm³/mol. The van der Waals surface area contributed by atoms with Crippen LogP contribution in [0.5, 0.6) is 11.5 Å². The molecule has 0 atom stereocenters. The van der Waals surface area contributed by atoms with E-state index in [-0.39, 0.29) is 0 Å². The first-order chi connectivity index (χ1) is 9.65. The minimum atomic E-state index is 0.645. The first-order valence-electron chi connectivity index (χ1n) is 6.54. The number of aryl methyl sites for hydroxylation is 3. The van der Waals surface area contributed by atoms with Crippen molar-refractivity contribution in [2.45, 2.75) is 20.8 Å². The molecule has 3 aromatic heterocycles. The van der Waals surface area contributed by atoms with Crippen LogP contribution in [0.25, 0.3) is 19.8 Å². The summed E-state index contributed by atoms with van der Waals surface area (Å²) < 4.78 is 13.1. The summed E-state index contributed by atoms with van der Waals surface area (Å²) in [5.74, 6) is 1.90. The molecule has 4 rings (SSSR count). The Morgan fingerprint density at radius 3 is 2.35 bits per heavy atom. The highest BCUT2D eigenvalue weighted by atomic mass is 32.1. The Hall–Kier alpha value is -1.04. The summed E-state index contributed by atoms with van der Waals surface area (Å²) in [5.41, 5.74) is 0. The second kappa shape index (κ2) is 4.48. The Morgan fingerprint density at radius 2 is 1.55 bits per heavy atom. The Balaban J connectivity index is 1.99. The van der Waals surface area contributed by atoms with Gasteiger partial charge in [0.15, 0.2) is 11.5 Å². The monoisotopic (exact) mass is 322 g/mol. The molecule has 104 valence electrons. The summed E-state index contributed by atoms with van der Waals surface area (Å²) in [6.45, 7) is 7.79. The molecular weight excluding hydrogens is 308 g/mol. The maximum Gasteiger partial charge on any atom is 0.181 e. The fourth-order valence-electron chi connectivity index (χ4n) is 2.61. The van der Waals surface area contributed by atoms with Gasteiger partial charge in [0.2, 0.25) is 0 Å². The molecule has 20 heavy (non-hydrogen) atoms. The van der Waals surface area contributed by atoms with Crippen LogP contribution in [0, 0.1) is 20.8 Å². The Bertz CT molecular complexity index is 807. The lowest BCUT2D eigenvalue weighted by molar-refractivity contribution is 0.173. The number of hydrogen-bond donors (Lipinski definition) is 0. The highest BCUT2D eigenvalue weighted by Gasteiger charge is 2.26. The predicted octanol–water partition coefficient (Wildman–Crippen LogP) is 5.39. The summed E-state index contributed by atoms with van der Waals surface area (Å²) in [4.78, 5) is 6.54. The van der Waals surface area contributed by atoms with Crippen molar-refractivity contribution < 1.29 is 9.47 Å². The van der Waals surface area contributed by atoms with Gasteiger partial charge in [0.25, 0.3) is 0 Å². The van der Waals surface area contributed by atoms with Gasteiger partial charge in [0.05, 0.1) is 9.75 Å². The van der Waals surface area contributed by atoms with Gasteiger partial charge >= 0.3 is 0 Å². The van der Waals surface area contributed by atoms with Crippen molar-refractivity contribution >= 4 is 44.1 Å². The maximum absolute atomic E-state index is 5.89. The first-order valence-corrected chi connectivity index (χ1v) is 8.99. The van der Waals surface area contributed by atoms with Gasteiger partial charge in [-0.2, -0.15) is 0 Å². The minimum Gasteiger partial charge on any atom is -0.485 e. The van der Waals surface area contributed by atoms with E-state index in [9.17, 15) is 0 Å². The second-order valence-corrected chi connectivity index (χ2v) is 8.64. The molecule has 0 spiro atoms. The molecule has 4 heterocycles. The van der Waals surface area contributed by atoms with E-state index >= 15 is 0 Å². The van der Waals surface area contributed by atoms with Crippen LogP contribution in [0.1, 0.15) is 14.6 Å². The van der Waals surface area contributed by atoms with Crippen LogP contribution in [0.4, 0.5) is 0 Å². The van der Waals surface area contributed by atoms with Crippen LogP contribution in [0.2, 0.25) is 0 Å². The zero-order valence-electron chi connectivity index (χ0n) is 11.5. The van der Waals surface area contributed by atoms with Crippen molar-refractivity contribution in [3.63, 3.8) is 0 Å². The average molecular weight is 322 g/mol. The summed E-state index contributed by atoms with van der Waals surface area (Å²) >= 11 is 5.53. The number of rotatable bonds is 1. The molecule has 2 nitrogen and oxygen atoms in total. The van der Waals surface area contributed by atoms with Crippen molar-refractivity contribution in [3.05, 3.63) is 20.7 Å². The van der Waals surface area contributed by atoms with Gasteiger partial charge in [-0.25, -0.2) is 0 Å². The van der Waals surface area contributed by atoms with Crippen LogP contribution >= 0.6 is 34.0 Å². The molecule has 1 aliphatic rings. The number of fused-ring (bicyclic) bond motifs is 2. The number of ether oxygens (including phenoxy) is 2. The van der Waals surface area contributed by atoms with E-state index in [1.165, 1.54) is 34.5 Å². The van der Waals surface area contributed by atoms with E-state index in [4.69, 9.17) is 9.47 Å². The molecule has 0 aliphatic carbocycles. The molecule has 0 amide bonds. The third kappa shape index (κ3) is 1.73. The average Bonchev–Trinajstić information content (AvgIpc) is 3.05. The Morgan fingerprint density at radius 1 is 0.850 bits per heavy atom. The number of thiophene rings is 3. The molecule has 5 heteroatoms. The fraction of sp³-hybridized carbons (Fsp3) is 0.333. The van der Waals surface area contributed by atoms with Gasteiger partial charge in [0.1, 0.15) is 13.2 Å². The van der Waals surface area contributed by atoms with Gasteiger partial charge in [-0.05, 0) is 26.8 Å². The Labute approximate surface area is 129 Å². The Kier molecular flexibility index (Phi) is 2.84. The zero-order valence-corrected chi connectivity index (χ0v) is 14.0. The van der Waals surface area contributed by atoms with Crippen LogP contribution in [0.15, 0.2) is 6.07 Å². The standard InChI is InChI=1S/C15H14O2S3/c1-7-6-10-13(18-7)9(3)20-14(10)15-12-11(8(2)19-15)16-4-5-17-12/h6H,4-5H2,1-3H3. The van der Waals surface area contributed by atoms with Gasteiger partial charge in [-0.1, -0.05) is 0 Å². The molecule has 3 aromatic rings. The van der Waals surface area contributed by atoms with E-state index in [2.05, 4.69) is 26.8 Å². The van der Waals surface area contributed by atoms with Crippen molar-refractivity contribution in [2.24, 2.45) is 0 Å². The molecule has 1 aliphatic heterocycles. The van der Waals surface area contributed by atoms with E-state index in [0.29, 0.717) is 13.2 Å². The van der Waals surface area contributed by atoms with E-state index in [0.717, 1.165) is 11.5 Å². The van der Waals surface area contributed by atoms with Crippen LogP contribution in [-0.2, 0) is 0 Å². The van der Waals surface area contributed by atoms with Gasteiger partial charge < -0.3 is 9.47 Å². The molecule has 0 aromatic carbocycles. The maximum atomic E-state index is 5.89. The lowest BCUT2D eigenvalue weighted by Gasteiger charge is -2.16. The SMILES string of the molecule is Cc1cc2c(-c3sc(C)c4c3OCCO4)sc(C)c2s1. The van der Waals surface area contributed by atoms with Gasteiger partial charge in [-0.3, -0.25) is 0 Å². The largest absolute Gasteiger partial charge is 0.485 e. The first kappa shape index (κ1) is 12.7. The van der Waals surface area contributed by atoms with Gasteiger partial charge in [0, 0.05) is 24.7 Å². The lowest BCUT2D eigenvalue weighted by atomic mass is 10.2. The van der Waals surface area contributed by atoms with Crippen LogP contribution in [0.3, 0.4) is 0 Å². The quantitative estimate of drug-likeness (QED) is 0.598. The summed E-state index contributed by atoms with van der Waals surface area (Å²) in [7, 11) is 0. The molecule has 0 N–H and O–H groups in total. The van der Waals surface area contributed by atoms with Crippen LogP contribution in [-0.4, -0.2) is 13.2 Å². The molecule has 0 fully saturated rings. The smallest absolute Gasteiger partial charge is 0.181 e. The molecule has 0 saturated heterocycles. The molecule has 0 bridgehead atoms. The van der Waals surface area contributed by atoms with Crippen molar-refractivity contribution in [1.82, 2.24) is 0 Å². The molecule has 0 unspecified atom stereocenters. The zero-order chi connectivity index (χ0) is 13.9. The summed E-state index contributed by atoms with van der Waals surface area (Å²) in [6, 6.07) is 2.30. The topological polar surface area (TPSA) is 18.5 Å². The summed E-state index contributed by atoms with van der Waals surface area (Å²) in [5, 5.41) is 1.37. The third-order valence-electron chi connectivity index (χ3n) is 3.44. The van der Waals surface area contributed by atoms with E-state index in [1.807, 2.05) is 22.7 Å². The molecule has 0 radical (unpaired) electrons. The fourth-order valence-corrected chi connectivity index (χ4v) is 6.05. The molecular formula is C15H14O2S3. The minimum absolute atomic E-state index is 0.645. The number of hydrogen-bond acceptors (Lipinski definition) is 5. The van der Waals surface area contributed by atoms with E-state index in [1.54, 1.807) is 11.3 Å². The highest BCUT2D eigenvalue weighted by molar-refractivity contribution is 7.28. The normalized spacial score (nSPS) is 14.2. The van der Waals surface area contributed by atoms with Crippen molar-refractivity contribution in [3.8, 4) is 21.3 Å². The second-order valence-electron chi connectivity index (χ2n) is 4.93. The van der Waals surface area contributed by atoms with Crippen LogP contribution < -0.4 is 9.47 Å². The van der Waals surface area contributed by atoms with Crippen molar-refractivity contribution in [2.75, 3.05) is 13.2 Å².